The molecule has 0 fully saturated rings. The van der Waals surface area contributed by atoms with Crippen molar-refractivity contribution in [3.05, 3.63) is 124 Å². The predicted molar refractivity (Wildman–Crippen MR) is 173 cm³/mol. The lowest BCUT2D eigenvalue weighted by molar-refractivity contribution is -0.115. The van der Waals surface area contributed by atoms with E-state index in [0.29, 0.717) is 16.4 Å². The molecule has 2 aromatic heterocycles. The Bertz CT molecular complexity index is 1680. The molecule has 0 saturated heterocycles. The highest BCUT2D eigenvalue weighted by molar-refractivity contribution is 8.00. The van der Waals surface area contributed by atoms with Gasteiger partial charge in [-0.25, -0.2) is 4.98 Å². The van der Waals surface area contributed by atoms with Crippen molar-refractivity contribution in [2.75, 3.05) is 10.6 Å². The van der Waals surface area contributed by atoms with Crippen LogP contribution in [0.25, 0.3) is 17.3 Å². The zero-order valence-corrected chi connectivity index (χ0v) is 24.9. The number of thiazole rings is 1. The Hall–Kier alpha value is -4.51. The summed E-state index contributed by atoms with van der Waals surface area (Å²) in [6.07, 6.45) is 1.65. The third kappa shape index (κ3) is 7.82. The monoisotopic (exact) mass is 610 g/mol. The van der Waals surface area contributed by atoms with Crippen LogP contribution in [0.1, 0.15) is 22.2 Å². The van der Waals surface area contributed by atoms with E-state index in [-0.39, 0.29) is 22.8 Å². The molecule has 5 aromatic rings. The second kappa shape index (κ2) is 13.9. The molecule has 0 bridgehead atoms. The lowest BCUT2D eigenvalue weighted by atomic mass is 10.2. The van der Waals surface area contributed by atoms with Crippen LogP contribution in [0.15, 0.2) is 118 Å². The maximum atomic E-state index is 13.2. The summed E-state index contributed by atoms with van der Waals surface area (Å²) in [6, 6.07) is 29.5. The third-order valence-corrected chi connectivity index (χ3v) is 8.65. The maximum Gasteiger partial charge on any atom is 0.272 e. The zero-order valence-electron chi connectivity index (χ0n) is 22.4. The number of hydrogen-bond acceptors (Lipinski definition) is 7. The largest absolute Gasteiger partial charge is 0.321 e. The van der Waals surface area contributed by atoms with Crippen LogP contribution in [0.5, 0.6) is 0 Å². The number of benzene rings is 3. The van der Waals surface area contributed by atoms with Crippen LogP contribution < -0.4 is 16.0 Å². The van der Waals surface area contributed by atoms with E-state index >= 15 is 0 Å². The summed E-state index contributed by atoms with van der Waals surface area (Å²) in [7, 11) is 0. The lowest BCUT2D eigenvalue weighted by Gasteiger charge is -2.13. The summed E-state index contributed by atoms with van der Waals surface area (Å²) < 4.78 is 0. The van der Waals surface area contributed by atoms with Crippen LogP contribution in [0, 0.1) is 0 Å². The van der Waals surface area contributed by atoms with Gasteiger partial charge in [0.2, 0.25) is 5.91 Å². The van der Waals surface area contributed by atoms with Gasteiger partial charge in [-0.1, -0.05) is 54.6 Å². The molecule has 7 nitrogen and oxygen atoms in total. The Morgan fingerprint density at radius 1 is 0.833 bits per heavy atom. The molecule has 0 saturated carbocycles. The number of carbonyl (C=O) groups excluding carboxylic acids is 3. The molecule has 1 unspecified atom stereocenters. The van der Waals surface area contributed by atoms with Crippen molar-refractivity contribution in [1.29, 1.82) is 0 Å². The quantitative estimate of drug-likeness (QED) is 0.113. The van der Waals surface area contributed by atoms with Crippen molar-refractivity contribution in [3.63, 3.8) is 0 Å². The number of amides is 3. The van der Waals surface area contributed by atoms with Crippen LogP contribution in [0.4, 0.5) is 10.8 Å². The average Bonchev–Trinajstić information content (AvgIpc) is 3.71. The molecule has 210 valence electrons. The molecule has 0 radical (unpaired) electrons. The molecule has 3 aromatic carbocycles. The smallest absolute Gasteiger partial charge is 0.272 e. The SMILES string of the molecule is CC(Sc1ccc(NC(=O)/C(=C/c2cccs2)NC(=O)c2ccccc2)cc1)C(=O)Nc1nc(-c2ccccc2)cs1. The molecular formula is C32H26N4O3S3. The molecule has 0 spiro atoms. The number of nitrogens with one attached hydrogen (secondary N) is 3. The van der Waals surface area contributed by atoms with Crippen molar-refractivity contribution in [2.24, 2.45) is 0 Å². The van der Waals surface area contributed by atoms with Gasteiger partial charge in [0.1, 0.15) is 5.70 Å². The number of carbonyl (C=O) groups is 3. The Morgan fingerprint density at radius 3 is 2.24 bits per heavy atom. The number of anilines is 2. The highest BCUT2D eigenvalue weighted by Gasteiger charge is 2.18. The molecule has 10 heteroatoms. The van der Waals surface area contributed by atoms with E-state index in [0.717, 1.165) is 21.0 Å². The standard InChI is InChI=1S/C32H26N4O3S3/c1-21(29(37)36-32-35-28(20-41-32)22-9-4-2-5-10-22)42-25-16-14-24(15-17-25)33-31(39)27(19-26-13-8-18-40-26)34-30(38)23-11-6-3-7-12-23/h2-21H,1H3,(H,33,39)(H,34,38)(H,35,36,37)/b27-19-. The van der Waals surface area contributed by atoms with Crippen LogP contribution in [0.3, 0.4) is 0 Å². The minimum Gasteiger partial charge on any atom is -0.321 e. The highest BCUT2D eigenvalue weighted by atomic mass is 32.2. The lowest BCUT2D eigenvalue weighted by Crippen LogP contribution is -2.30. The first-order valence-corrected chi connectivity index (χ1v) is 15.6. The maximum absolute atomic E-state index is 13.2. The fourth-order valence-corrected chi connectivity index (χ4v) is 6.06. The number of rotatable bonds is 10. The van der Waals surface area contributed by atoms with E-state index in [1.54, 1.807) is 42.5 Å². The van der Waals surface area contributed by atoms with E-state index in [9.17, 15) is 14.4 Å². The average molecular weight is 611 g/mol. The minimum absolute atomic E-state index is 0.132. The topological polar surface area (TPSA) is 100 Å². The van der Waals surface area contributed by atoms with E-state index in [2.05, 4.69) is 20.9 Å². The molecule has 0 aliphatic heterocycles. The molecule has 5 rings (SSSR count). The van der Waals surface area contributed by atoms with Crippen molar-refractivity contribution < 1.29 is 14.4 Å². The molecular weight excluding hydrogens is 585 g/mol. The van der Waals surface area contributed by atoms with E-state index in [1.807, 2.05) is 78.3 Å². The fraction of sp³-hybridized carbons (Fsp3) is 0.0625. The van der Waals surface area contributed by atoms with Gasteiger partial charge >= 0.3 is 0 Å². The predicted octanol–water partition coefficient (Wildman–Crippen LogP) is 7.40. The number of hydrogen-bond donors (Lipinski definition) is 3. The molecule has 1 atom stereocenters. The van der Waals surface area contributed by atoms with Crippen molar-refractivity contribution in [2.45, 2.75) is 17.1 Å². The Kier molecular flexibility index (Phi) is 9.60. The summed E-state index contributed by atoms with van der Waals surface area (Å²) in [5.74, 6) is -0.968. The van der Waals surface area contributed by atoms with Crippen LogP contribution in [0.2, 0.25) is 0 Å². The molecule has 0 aliphatic carbocycles. The van der Waals surface area contributed by atoms with Crippen LogP contribution >= 0.6 is 34.4 Å². The van der Waals surface area contributed by atoms with E-state index in [1.165, 1.54) is 34.4 Å². The Morgan fingerprint density at radius 2 is 1.55 bits per heavy atom. The van der Waals surface area contributed by atoms with Gasteiger partial charge in [-0.05, 0) is 60.8 Å². The molecule has 3 amide bonds. The second-order valence-corrected chi connectivity index (χ2v) is 12.3. The molecule has 3 N–H and O–H groups in total. The highest BCUT2D eigenvalue weighted by Crippen LogP contribution is 2.28. The fourth-order valence-electron chi connectivity index (χ4n) is 3.81. The summed E-state index contributed by atoms with van der Waals surface area (Å²) in [5, 5.41) is 12.5. The normalized spacial score (nSPS) is 11.9. The van der Waals surface area contributed by atoms with Gasteiger partial charge in [0, 0.05) is 32.0 Å². The Balaban J connectivity index is 1.19. The first-order chi connectivity index (χ1) is 20.4. The molecule has 42 heavy (non-hydrogen) atoms. The molecule has 0 aliphatic rings. The van der Waals surface area contributed by atoms with Gasteiger partial charge in [-0.2, -0.15) is 0 Å². The summed E-state index contributed by atoms with van der Waals surface area (Å²) in [4.78, 5) is 45.0. The third-order valence-electron chi connectivity index (χ3n) is 5.96. The number of thiophene rings is 1. The number of nitrogens with zero attached hydrogens (tertiary/aromatic N) is 1. The zero-order chi connectivity index (χ0) is 29.3. The van der Waals surface area contributed by atoms with Gasteiger partial charge in [0.25, 0.3) is 11.8 Å². The van der Waals surface area contributed by atoms with Crippen molar-refractivity contribution in [1.82, 2.24) is 10.3 Å². The first kappa shape index (κ1) is 29.0. The molecule has 2 heterocycles. The van der Waals surface area contributed by atoms with E-state index < -0.39 is 5.91 Å². The van der Waals surface area contributed by atoms with Gasteiger partial charge in [0.05, 0.1) is 10.9 Å². The number of thioether (sulfide) groups is 1. The first-order valence-electron chi connectivity index (χ1n) is 13.0. The van der Waals surface area contributed by atoms with Gasteiger partial charge < -0.3 is 16.0 Å². The van der Waals surface area contributed by atoms with Crippen molar-refractivity contribution >= 4 is 69.1 Å². The second-order valence-electron chi connectivity index (χ2n) is 9.03. The summed E-state index contributed by atoms with van der Waals surface area (Å²) in [5.41, 5.74) is 2.96. The number of aromatic nitrogens is 1. The van der Waals surface area contributed by atoms with Crippen LogP contribution in [-0.2, 0) is 9.59 Å². The van der Waals surface area contributed by atoms with E-state index in [4.69, 9.17) is 0 Å². The summed E-state index contributed by atoms with van der Waals surface area (Å²) >= 11 is 4.25. The minimum atomic E-state index is -0.445. The van der Waals surface area contributed by atoms with Crippen molar-refractivity contribution in [3.8, 4) is 11.3 Å². The summed E-state index contributed by atoms with van der Waals surface area (Å²) in [6.45, 7) is 1.83. The van der Waals surface area contributed by atoms with Crippen LogP contribution in [-0.4, -0.2) is 28.0 Å². The van der Waals surface area contributed by atoms with Gasteiger partial charge in [0.15, 0.2) is 5.13 Å². The Labute approximate surface area is 255 Å². The van der Waals surface area contributed by atoms with Gasteiger partial charge in [-0.3, -0.25) is 14.4 Å². The van der Waals surface area contributed by atoms with Gasteiger partial charge in [-0.15, -0.1) is 34.4 Å².